The summed E-state index contributed by atoms with van der Waals surface area (Å²) in [5.74, 6) is -0.450. The molecule has 0 aliphatic rings. The quantitative estimate of drug-likeness (QED) is 0.401. The summed E-state index contributed by atoms with van der Waals surface area (Å²) in [6.07, 6.45) is 1.09. The molecule has 0 saturated heterocycles. The van der Waals surface area contributed by atoms with E-state index in [1.165, 1.54) is 6.20 Å². The fourth-order valence-electron chi connectivity index (χ4n) is 2.73. The Hall–Kier alpha value is -3.30. The average molecular weight is 457 g/mol. The summed E-state index contributed by atoms with van der Waals surface area (Å²) in [5, 5.41) is 8.38. The van der Waals surface area contributed by atoms with E-state index in [-0.39, 0.29) is 12.2 Å². The third-order valence-corrected chi connectivity index (χ3v) is 3.99. The molecule has 9 heteroatoms. The molecule has 2 aromatic rings. The number of carbonyl (C=O) groups is 3. The number of ether oxygens (including phenoxy) is 2. The number of aromatic nitrogens is 1. The molecule has 0 radical (unpaired) electrons. The Morgan fingerprint density at radius 3 is 2.12 bits per heavy atom. The van der Waals surface area contributed by atoms with E-state index in [0.717, 1.165) is 6.29 Å². The van der Waals surface area contributed by atoms with Crippen LogP contribution < -0.4 is 16.0 Å². The van der Waals surface area contributed by atoms with Crippen LogP contribution in [0.2, 0.25) is 0 Å². The zero-order valence-electron chi connectivity index (χ0n) is 19.9. The van der Waals surface area contributed by atoms with Gasteiger partial charge in [0.05, 0.1) is 23.5 Å². The third-order valence-electron chi connectivity index (χ3n) is 3.99. The first kappa shape index (κ1) is 26.0. The van der Waals surface area contributed by atoms with Gasteiger partial charge in [0.25, 0.3) is 5.91 Å². The van der Waals surface area contributed by atoms with Gasteiger partial charge in [0, 0.05) is 11.8 Å². The van der Waals surface area contributed by atoms with E-state index >= 15 is 0 Å². The normalized spacial score (nSPS) is 12.5. The summed E-state index contributed by atoms with van der Waals surface area (Å²) in [6, 6.07) is 10.1. The van der Waals surface area contributed by atoms with E-state index in [2.05, 4.69) is 20.9 Å². The molecule has 9 nitrogen and oxygen atoms in total. The van der Waals surface area contributed by atoms with E-state index in [4.69, 9.17) is 9.47 Å². The van der Waals surface area contributed by atoms with Crippen molar-refractivity contribution >= 4 is 29.7 Å². The van der Waals surface area contributed by atoms with Crippen LogP contribution in [0.3, 0.4) is 0 Å². The van der Waals surface area contributed by atoms with Crippen LogP contribution in [0.15, 0.2) is 42.6 Å². The predicted molar refractivity (Wildman–Crippen MR) is 126 cm³/mol. The van der Waals surface area contributed by atoms with Gasteiger partial charge in [0.1, 0.15) is 23.8 Å². The van der Waals surface area contributed by atoms with Crippen molar-refractivity contribution < 1.29 is 23.9 Å². The fourth-order valence-corrected chi connectivity index (χ4v) is 2.73. The van der Waals surface area contributed by atoms with Crippen molar-refractivity contribution in [1.29, 1.82) is 0 Å². The van der Waals surface area contributed by atoms with Gasteiger partial charge in [-0.05, 0) is 59.7 Å². The number of para-hydroxylation sites is 2. The molecule has 2 rings (SSSR count). The number of anilines is 2. The zero-order chi connectivity index (χ0) is 24.6. The van der Waals surface area contributed by atoms with Crippen LogP contribution in [0, 0.1) is 0 Å². The van der Waals surface area contributed by atoms with Crippen molar-refractivity contribution in [3.8, 4) is 0 Å². The maximum atomic E-state index is 12.8. The summed E-state index contributed by atoms with van der Waals surface area (Å²) in [5.41, 5.74) is 0.546. The maximum Gasteiger partial charge on any atom is 0.412 e. The van der Waals surface area contributed by atoms with Crippen molar-refractivity contribution in [2.75, 3.05) is 17.2 Å². The molecule has 1 heterocycles. The molecule has 0 fully saturated rings. The molecule has 178 valence electrons. The predicted octanol–water partition coefficient (Wildman–Crippen LogP) is 4.28. The van der Waals surface area contributed by atoms with Gasteiger partial charge in [0.15, 0.2) is 0 Å². The van der Waals surface area contributed by atoms with E-state index in [1.54, 1.807) is 57.2 Å². The second-order valence-electron chi connectivity index (χ2n) is 9.29. The van der Waals surface area contributed by atoms with Crippen LogP contribution in [-0.4, -0.2) is 41.0 Å². The molecule has 1 aromatic heterocycles. The maximum absolute atomic E-state index is 12.8. The first-order chi connectivity index (χ1) is 15.4. The van der Waals surface area contributed by atoms with E-state index in [1.807, 2.05) is 20.8 Å². The molecule has 2 amide bonds. The summed E-state index contributed by atoms with van der Waals surface area (Å²) < 4.78 is 11.2. The average Bonchev–Trinajstić information content (AvgIpc) is 2.70. The van der Waals surface area contributed by atoms with Gasteiger partial charge in [0.2, 0.25) is 0 Å². The van der Waals surface area contributed by atoms with Crippen molar-refractivity contribution in [1.82, 2.24) is 10.3 Å². The molecule has 0 aliphatic carbocycles. The molecule has 1 unspecified atom stereocenters. The topological polar surface area (TPSA) is 119 Å². The number of hydrogen-bond donors (Lipinski definition) is 3. The number of amides is 2. The number of nitrogens with one attached hydrogen (secondary N) is 3. The number of aldehydes is 1. The summed E-state index contributed by atoms with van der Waals surface area (Å²) in [7, 11) is 0. The molecule has 0 spiro atoms. The lowest BCUT2D eigenvalue weighted by atomic mass is 10.1. The van der Waals surface area contributed by atoms with Crippen molar-refractivity contribution in [2.45, 2.75) is 59.0 Å². The number of hydrogen-bond acceptors (Lipinski definition) is 7. The molecule has 3 N–H and O–H groups in total. The highest BCUT2D eigenvalue weighted by Gasteiger charge is 2.21. The number of pyridine rings is 1. The van der Waals surface area contributed by atoms with Gasteiger partial charge in [-0.1, -0.05) is 18.2 Å². The molecule has 0 aliphatic heterocycles. The molecule has 0 saturated carbocycles. The third kappa shape index (κ3) is 8.99. The lowest BCUT2D eigenvalue weighted by Crippen LogP contribution is -2.32. The van der Waals surface area contributed by atoms with Gasteiger partial charge in [-0.3, -0.25) is 20.4 Å². The van der Waals surface area contributed by atoms with Crippen LogP contribution in [0.5, 0.6) is 0 Å². The minimum atomic E-state index is -0.650. The van der Waals surface area contributed by atoms with Gasteiger partial charge in [-0.15, -0.1) is 0 Å². The van der Waals surface area contributed by atoms with E-state index in [9.17, 15) is 14.4 Å². The van der Waals surface area contributed by atoms with E-state index < -0.39 is 29.4 Å². The first-order valence-corrected chi connectivity index (χ1v) is 10.6. The lowest BCUT2D eigenvalue weighted by molar-refractivity contribution is -0.110. The SMILES string of the molecule is CC(C)(C)OC(=O)Nc1ccccc1NC(=O)c1ccc(C(NCC=O)OC(C)(C)C)cn1. The fraction of sp³-hybridized carbons (Fsp3) is 0.417. The highest BCUT2D eigenvalue weighted by Crippen LogP contribution is 2.24. The van der Waals surface area contributed by atoms with Crippen LogP contribution in [0.1, 0.15) is 63.8 Å². The largest absolute Gasteiger partial charge is 0.444 e. The van der Waals surface area contributed by atoms with Crippen molar-refractivity contribution in [2.24, 2.45) is 0 Å². The Bertz CT molecular complexity index is 962. The standard InChI is InChI=1S/C24H32N4O5/c1-23(2,3)32-21(25-13-14-29)16-11-12-19(26-15-16)20(30)27-17-9-7-8-10-18(17)28-22(31)33-24(4,5)6/h7-12,14-15,21,25H,13H2,1-6H3,(H,27,30)(H,28,31). The van der Waals surface area contributed by atoms with Crippen LogP contribution in [-0.2, 0) is 14.3 Å². The number of rotatable bonds is 8. The summed E-state index contributed by atoms with van der Waals surface area (Å²) in [6.45, 7) is 11.1. The molecular weight excluding hydrogens is 424 g/mol. The highest BCUT2D eigenvalue weighted by molar-refractivity contribution is 6.05. The Labute approximate surface area is 194 Å². The Balaban J connectivity index is 2.13. The molecule has 33 heavy (non-hydrogen) atoms. The van der Waals surface area contributed by atoms with Crippen molar-refractivity contribution in [3.05, 3.63) is 53.9 Å². The van der Waals surface area contributed by atoms with E-state index in [0.29, 0.717) is 16.9 Å². The molecule has 1 aromatic carbocycles. The summed E-state index contributed by atoms with van der Waals surface area (Å²) >= 11 is 0. The second-order valence-corrected chi connectivity index (χ2v) is 9.29. The first-order valence-electron chi connectivity index (χ1n) is 10.6. The Kier molecular flexibility index (Phi) is 8.67. The molecule has 0 bridgehead atoms. The van der Waals surface area contributed by atoms with Gasteiger partial charge in [-0.2, -0.15) is 0 Å². The molecular formula is C24H32N4O5. The van der Waals surface area contributed by atoms with Crippen LogP contribution in [0.25, 0.3) is 0 Å². The molecule has 1 atom stereocenters. The monoisotopic (exact) mass is 456 g/mol. The number of nitrogens with zero attached hydrogens (tertiary/aromatic N) is 1. The van der Waals surface area contributed by atoms with Gasteiger partial charge < -0.3 is 19.6 Å². The van der Waals surface area contributed by atoms with Crippen LogP contribution in [0.4, 0.5) is 16.2 Å². The number of carbonyl (C=O) groups excluding carboxylic acids is 3. The second kappa shape index (κ2) is 11.0. The van der Waals surface area contributed by atoms with Crippen molar-refractivity contribution in [3.63, 3.8) is 0 Å². The zero-order valence-corrected chi connectivity index (χ0v) is 19.9. The Morgan fingerprint density at radius 2 is 1.61 bits per heavy atom. The number of benzene rings is 1. The highest BCUT2D eigenvalue weighted by atomic mass is 16.6. The van der Waals surface area contributed by atoms with Gasteiger partial charge in [-0.25, -0.2) is 4.79 Å². The minimum Gasteiger partial charge on any atom is -0.444 e. The summed E-state index contributed by atoms with van der Waals surface area (Å²) in [4.78, 5) is 39.9. The smallest absolute Gasteiger partial charge is 0.412 e. The lowest BCUT2D eigenvalue weighted by Gasteiger charge is -2.28. The Morgan fingerprint density at radius 1 is 0.970 bits per heavy atom. The minimum absolute atomic E-state index is 0.115. The van der Waals surface area contributed by atoms with Gasteiger partial charge >= 0.3 is 6.09 Å². The van der Waals surface area contributed by atoms with Crippen LogP contribution >= 0.6 is 0 Å².